The number of fused-ring (bicyclic) bond motifs is 2. The highest BCUT2D eigenvalue weighted by molar-refractivity contribution is 6.07. The molecule has 0 spiro atoms. The van der Waals surface area contributed by atoms with Crippen LogP contribution in [0.5, 0.6) is 0 Å². The van der Waals surface area contributed by atoms with Gasteiger partial charge in [0.2, 0.25) is 0 Å². The van der Waals surface area contributed by atoms with Gasteiger partial charge in [0.25, 0.3) is 0 Å². The van der Waals surface area contributed by atoms with Gasteiger partial charge < -0.3 is 15.3 Å². The van der Waals surface area contributed by atoms with E-state index in [1.165, 1.54) is 0 Å². The molecule has 0 saturated heterocycles. The fraction of sp³-hybridized carbons (Fsp3) is 0. The topological polar surface area (TPSA) is 102 Å². The minimum atomic E-state index is -0.983. The van der Waals surface area contributed by atoms with Crippen LogP contribution in [-0.2, 0) is 0 Å². The second kappa shape index (κ2) is 5.49. The molecule has 0 atom stereocenters. The van der Waals surface area contributed by atoms with E-state index in [0.717, 1.165) is 16.5 Å². The number of nitrogen functional groups attached to an aromatic ring is 1. The van der Waals surface area contributed by atoms with Crippen LogP contribution in [0.25, 0.3) is 33.4 Å². The molecule has 2 aromatic carbocycles. The van der Waals surface area contributed by atoms with E-state index in [1.807, 2.05) is 18.2 Å². The molecule has 0 bridgehead atoms. The van der Waals surface area contributed by atoms with Gasteiger partial charge in [0.05, 0.1) is 11.6 Å². The predicted octanol–water partition coefficient (Wildman–Crippen LogP) is 2.14. The zero-order chi connectivity index (χ0) is 17.6. The summed E-state index contributed by atoms with van der Waals surface area (Å²) in [7, 11) is 0. The number of carboxylic acid groups (broad SMARTS) is 1. The Hall–Kier alpha value is -3.60. The second-order valence-electron chi connectivity index (χ2n) is 5.84. The summed E-state index contributed by atoms with van der Waals surface area (Å²) in [4.78, 5) is 11.7. The SMILES string of the molecule is Nc1ccc2c(-c3ccccc3C(=O)O)c3ccc(=[NH2+])cc-3oc2c1. The minimum Gasteiger partial charge on any atom is -0.478 e. The normalized spacial score (nSPS) is 11.0. The van der Waals surface area contributed by atoms with Crippen molar-refractivity contribution in [3.05, 3.63) is 71.6 Å². The Bertz CT molecular complexity index is 1160. The van der Waals surface area contributed by atoms with Crippen LogP contribution in [0.15, 0.2) is 65.1 Å². The fourth-order valence-corrected chi connectivity index (χ4v) is 3.10. The Balaban J connectivity index is 2.22. The molecule has 5 heteroatoms. The van der Waals surface area contributed by atoms with Crippen LogP contribution in [-0.4, -0.2) is 11.1 Å². The van der Waals surface area contributed by atoms with E-state index >= 15 is 0 Å². The summed E-state index contributed by atoms with van der Waals surface area (Å²) in [6, 6.07) is 17.6. The quantitative estimate of drug-likeness (QED) is 0.387. The molecule has 0 saturated carbocycles. The van der Waals surface area contributed by atoms with Crippen LogP contribution >= 0.6 is 0 Å². The molecule has 0 unspecified atom stereocenters. The third-order valence-electron chi connectivity index (χ3n) is 4.20. The van der Waals surface area contributed by atoms with Gasteiger partial charge in [-0.25, -0.2) is 4.79 Å². The molecule has 2 aliphatic rings. The number of carboxylic acids is 1. The number of hydrogen-bond donors (Lipinski definition) is 3. The number of anilines is 1. The molecule has 0 fully saturated rings. The lowest BCUT2D eigenvalue weighted by atomic mass is 9.91. The van der Waals surface area contributed by atoms with E-state index in [-0.39, 0.29) is 5.56 Å². The van der Waals surface area contributed by atoms with Crippen molar-refractivity contribution in [1.29, 1.82) is 0 Å². The highest BCUT2D eigenvalue weighted by Gasteiger charge is 2.21. The van der Waals surface area contributed by atoms with Crippen molar-refractivity contribution in [1.82, 2.24) is 0 Å². The molecule has 25 heavy (non-hydrogen) atoms. The van der Waals surface area contributed by atoms with Crippen molar-refractivity contribution in [3.8, 4) is 22.5 Å². The Morgan fingerprint density at radius 1 is 1.00 bits per heavy atom. The third-order valence-corrected chi connectivity index (χ3v) is 4.20. The smallest absolute Gasteiger partial charge is 0.336 e. The zero-order valence-electron chi connectivity index (χ0n) is 13.2. The number of hydrogen-bond acceptors (Lipinski definition) is 3. The van der Waals surface area contributed by atoms with Gasteiger partial charge in [0, 0.05) is 34.3 Å². The lowest BCUT2D eigenvalue weighted by Crippen LogP contribution is -2.44. The van der Waals surface area contributed by atoms with Gasteiger partial charge >= 0.3 is 5.97 Å². The summed E-state index contributed by atoms with van der Waals surface area (Å²) >= 11 is 0. The first kappa shape index (κ1) is 15.0. The van der Waals surface area contributed by atoms with Gasteiger partial charge in [-0.2, -0.15) is 0 Å². The third kappa shape index (κ3) is 2.42. The van der Waals surface area contributed by atoms with E-state index in [9.17, 15) is 9.90 Å². The number of carbonyl (C=O) groups is 1. The van der Waals surface area contributed by atoms with Crippen molar-refractivity contribution < 1.29 is 19.7 Å². The molecule has 1 heterocycles. The van der Waals surface area contributed by atoms with E-state index in [0.29, 0.717) is 28.0 Å². The first-order valence-electron chi connectivity index (χ1n) is 7.72. The molecule has 122 valence electrons. The second-order valence-corrected chi connectivity index (χ2v) is 5.84. The predicted molar refractivity (Wildman–Crippen MR) is 94.7 cm³/mol. The van der Waals surface area contributed by atoms with E-state index < -0.39 is 5.97 Å². The fourth-order valence-electron chi connectivity index (χ4n) is 3.10. The van der Waals surface area contributed by atoms with Crippen molar-refractivity contribution in [2.75, 3.05) is 5.73 Å². The lowest BCUT2D eigenvalue weighted by Gasteiger charge is -2.16. The van der Waals surface area contributed by atoms with Crippen LogP contribution in [0.1, 0.15) is 10.4 Å². The zero-order valence-corrected chi connectivity index (χ0v) is 13.2. The summed E-state index contributed by atoms with van der Waals surface area (Å²) in [5, 5.41) is 16.8. The summed E-state index contributed by atoms with van der Waals surface area (Å²) in [6.45, 7) is 0. The highest BCUT2D eigenvalue weighted by Crippen LogP contribution is 2.41. The first-order valence-corrected chi connectivity index (χ1v) is 7.72. The molecule has 1 aliphatic heterocycles. The van der Waals surface area contributed by atoms with E-state index in [1.54, 1.807) is 42.5 Å². The Labute approximate surface area is 142 Å². The number of nitrogens with two attached hydrogens (primary N) is 2. The van der Waals surface area contributed by atoms with Crippen molar-refractivity contribution in [2.24, 2.45) is 0 Å². The summed E-state index contributed by atoms with van der Waals surface area (Å²) in [6.07, 6.45) is 0. The van der Waals surface area contributed by atoms with E-state index in [4.69, 9.17) is 15.6 Å². The van der Waals surface area contributed by atoms with Gasteiger partial charge in [0.15, 0.2) is 5.36 Å². The Morgan fingerprint density at radius 2 is 1.80 bits per heavy atom. The maximum atomic E-state index is 11.7. The molecular formula is C20H15N2O3+. The average Bonchev–Trinajstić information content (AvgIpc) is 2.59. The number of benzene rings is 3. The van der Waals surface area contributed by atoms with Gasteiger partial charge in [-0.05, 0) is 29.8 Å². The molecule has 0 amide bonds. The molecule has 4 rings (SSSR count). The molecule has 1 aliphatic carbocycles. The molecule has 5 N–H and O–H groups in total. The van der Waals surface area contributed by atoms with Crippen molar-refractivity contribution in [2.45, 2.75) is 0 Å². The maximum absolute atomic E-state index is 11.7. The summed E-state index contributed by atoms with van der Waals surface area (Å²) < 4.78 is 5.96. The van der Waals surface area contributed by atoms with Crippen molar-refractivity contribution >= 4 is 22.6 Å². The Morgan fingerprint density at radius 3 is 2.60 bits per heavy atom. The summed E-state index contributed by atoms with van der Waals surface area (Å²) in [5.41, 5.74) is 9.46. The van der Waals surface area contributed by atoms with Crippen molar-refractivity contribution in [3.63, 3.8) is 0 Å². The van der Waals surface area contributed by atoms with E-state index in [2.05, 4.69) is 0 Å². The maximum Gasteiger partial charge on any atom is 0.336 e. The van der Waals surface area contributed by atoms with Crippen LogP contribution in [0.2, 0.25) is 0 Å². The molecule has 5 nitrogen and oxygen atoms in total. The van der Waals surface area contributed by atoms with Gasteiger partial charge in [0.1, 0.15) is 11.3 Å². The van der Waals surface area contributed by atoms with Crippen LogP contribution in [0.3, 0.4) is 0 Å². The Kier molecular flexibility index (Phi) is 3.28. The standard InChI is InChI=1S/C20H14N2O3/c21-11-5-7-15-17(9-11)25-18-10-12(22)6-8-16(18)19(15)13-3-1-2-4-14(13)20(23)24/h1-10,21H,22H2,(H,23,24)/p+1. The van der Waals surface area contributed by atoms with Crippen LogP contribution < -0.4 is 16.5 Å². The van der Waals surface area contributed by atoms with Gasteiger partial charge in [-0.15, -0.1) is 0 Å². The van der Waals surface area contributed by atoms with Gasteiger partial charge in [-0.3, -0.25) is 5.41 Å². The number of rotatable bonds is 2. The molecule has 2 aromatic rings. The largest absolute Gasteiger partial charge is 0.478 e. The van der Waals surface area contributed by atoms with Crippen LogP contribution in [0, 0.1) is 0 Å². The van der Waals surface area contributed by atoms with Crippen LogP contribution in [0.4, 0.5) is 5.69 Å². The number of aromatic carboxylic acids is 1. The molecule has 0 radical (unpaired) electrons. The molecular weight excluding hydrogens is 316 g/mol. The average molecular weight is 331 g/mol. The highest BCUT2D eigenvalue weighted by atomic mass is 16.4. The lowest BCUT2D eigenvalue weighted by molar-refractivity contribution is -0.172. The first-order chi connectivity index (χ1) is 12.0. The monoisotopic (exact) mass is 331 g/mol. The summed E-state index contributed by atoms with van der Waals surface area (Å²) in [5.74, 6) is -0.406. The van der Waals surface area contributed by atoms with Gasteiger partial charge in [-0.1, -0.05) is 18.2 Å². The minimum absolute atomic E-state index is 0.227. The molecule has 0 aromatic heterocycles.